The summed E-state index contributed by atoms with van der Waals surface area (Å²) in [5.74, 6) is 0. The van der Waals surface area contributed by atoms with Gasteiger partial charge in [0.15, 0.2) is 8.32 Å². The van der Waals surface area contributed by atoms with E-state index in [9.17, 15) is 0 Å². The van der Waals surface area contributed by atoms with Crippen molar-refractivity contribution in [3.8, 4) is 0 Å². The Hall–Kier alpha value is -1.25. The Labute approximate surface area is 209 Å². The molecule has 1 aliphatic carbocycles. The SMILES string of the molecule is CC[Si](CC)(CC)O[C@@H]1C[C@H]2O[C@@]2(C)[C@H](O[Si](c2ccccc2)(c2ccccc2)C(C)(C)C)C1. The van der Waals surface area contributed by atoms with Crippen LogP contribution in [0, 0.1) is 0 Å². The van der Waals surface area contributed by atoms with Crippen LogP contribution in [0.3, 0.4) is 0 Å². The predicted molar refractivity (Wildman–Crippen MR) is 147 cm³/mol. The summed E-state index contributed by atoms with van der Waals surface area (Å²) in [6.45, 7) is 16.3. The molecule has 2 aromatic rings. The Morgan fingerprint density at radius 1 is 0.824 bits per heavy atom. The first-order chi connectivity index (χ1) is 16.1. The first-order valence-corrected chi connectivity index (χ1v) is 17.7. The largest absolute Gasteiger partial charge is 0.414 e. The van der Waals surface area contributed by atoms with Crippen LogP contribution < -0.4 is 10.4 Å². The Balaban J connectivity index is 1.74. The van der Waals surface area contributed by atoms with Crippen molar-refractivity contribution in [2.45, 2.75) is 108 Å². The fourth-order valence-electron chi connectivity index (χ4n) is 6.17. The van der Waals surface area contributed by atoms with E-state index in [1.807, 2.05) is 0 Å². The molecular formula is C29H44O3Si2. The Kier molecular flexibility index (Phi) is 7.34. The molecule has 4 atom stereocenters. The second-order valence-corrected chi connectivity index (χ2v) is 20.5. The van der Waals surface area contributed by atoms with Gasteiger partial charge in [0.25, 0.3) is 8.32 Å². The highest BCUT2D eigenvalue weighted by Crippen LogP contribution is 2.52. The standard InChI is InChI=1S/C29H44O3Si2/c1-8-33(9-2,10-3)31-23-21-26-29(7,30-26)27(22-23)32-34(28(4,5)6,24-17-13-11-14-18-24)25-19-15-12-16-20-25/h11-20,23,26-27H,8-10,21-22H2,1-7H3/t23-,26-,27-,29-/m1/s1. The van der Waals surface area contributed by atoms with Gasteiger partial charge < -0.3 is 13.6 Å². The van der Waals surface area contributed by atoms with Crippen LogP contribution in [0.2, 0.25) is 23.2 Å². The van der Waals surface area contributed by atoms with Gasteiger partial charge in [0.2, 0.25) is 0 Å². The third kappa shape index (κ3) is 4.50. The molecule has 3 nitrogen and oxygen atoms in total. The highest BCUT2D eigenvalue weighted by Gasteiger charge is 2.65. The van der Waals surface area contributed by atoms with Crippen LogP contribution in [0.15, 0.2) is 60.7 Å². The number of fused-ring (bicyclic) bond motifs is 1. The molecule has 0 radical (unpaired) electrons. The first-order valence-electron chi connectivity index (χ1n) is 13.3. The van der Waals surface area contributed by atoms with Crippen molar-refractivity contribution >= 4 is 27.0 Å². The zero-order valence-corrected chi connectivity index (χ0v) is 24.3. The number of hydrogen-bond donors (Lipinski definition) is 0. The quantitative estimate of drug-likeness (QED) is 0.303. The Bertz CT molecular complexity index is 891. The van der Waals surface area contributed by atoms with E-state index in [2.05, 4.69) is 109 Å². The van der Waals surface area contributed by atoms with Gasteiger partial charge in [-0.25, -0.2) is 0 Å². The minimum Gasteiger partial charge on any atom is -0.414 e. The lowest BCUT2D eigenvalue weighted by atomic mass is 9.86. The van der Waals surface area contributed by atoms with Crippen LogP contribution in [0.4, 0.5) is 0 Å². The molecule has 1 heterocycles. The lowest BCUT2D eigenvalue weighted by Gasteiger charge is -2.47. The molecule has 1 saturated carbocycles. The minimum atomic E-state index is -2.64. The number of hydrogen-bond acceptors (Lipinski definition) is 3. The summed E-state index contributed by atoms with van der Waals surface area (Å²) in [7, 11) is -4.33. The highest BCUT2D eigenvalue weighted by molar-refractivity contribution is 6.99. The molecule has 5 heteroatoms. The molecule has 4 rings (SSSR count). The average molecular weight is 497 g/mol. The van der Waals surface area contributed by atoms with Gasteiger partial charge in [0.1, 0.15) is 5.60 Å². The topological polar surface area (TPSA) is 31.0 Å². The molecule has 2 fully saturated rings. The maximum absolute atomic E-state index is 7.57. The lowest BCUT2D eigenvalue weighted by molar-refractivity contribution is 0.0388. The summed E-state index contributed by atoms with van der Waals surface area (Å²) < 4.78 is 21.0. The van der Waals surface area contributed by atoms with E-state index in [4.69, 9.17) is 13.6 Å². The Morgan fingerprint density at radius 3 is 1.76 bits per heavy atom. The van der Waals surface area contributed by atoms with Gasteiger partial charge in [-0.2, -0.15) is 0 Å². The van der Waals surface area contributed by atoms with Gasteiger partial charge in [-0.1, -0.05) is 102 Å². The molecule has 1 saturated heterocycles. The van der Waals surface area contributed by atoms with Gasteiger partial charge in [0.05, 0.1) is 18.3 Å². The van der Waals surface area contributed by atoms with E-state index in [1.165, 1.54) is 28.5 Å². The van der Waals surface area contributed by atoms with Crippen molar-refractivity contribution in [3.63, 3.8) is 0 Å². The molecule has 1 aliphatic heterocycles. The second-order valence-electron chi connectivity index (χ2n) is 11.5. The molecule has 2 aliphatic rings. The van der Waals surface area contributed by atoms with Gasteiger partial charge in [-0.05, 0) is 40.5 Å². The molecule has 2 aromatic carbocycles. The number of rotatable bonds is 9. The summed E-state index contributed by atoms with van der Waals surface area (Å²) in [6, 6.07) is 25.5. The molecule has 0 bridgehead atoms. The predicted octanol–water partition coefficient (Wildman–Crippen LogP) is 6.27. The third-order valence-corrected chi connectivity index (χ3v) is 18.4. The molecule has 186 valence electrons. The van der Waals surface area contributed by atoms with Gasteiger partial charge in [0, 0.05) is 12.8 Å². The van der Waals surface area contributed by atoms with Crippen LogP contribution in [-0.2, 0) is 13.6 Å². The fourth-order valence-corrected chi connectivity index (χ4v) is 13.8. The summed E-state index contributed by atoms with van der Waals surface area (Å²) in [4.78, 5) is 0. The van der Waals surface area contributed by atoms with Crippen molar-refractivity contribution in [2.24, 2.45) is 0 Å². The third-order valence-electron chi connectivity index (χ3n) is 8.66. The zero-order valence-electron chi connectivity index (χ0n) is 22.3. The number of benzene rings is 2. The van der Waals surface area contributed by atoms with E-state index in [1.54, 1.807) is 0 Å². The average Bonchev–Trinajstić information content (AvgIpc) is 3.52. The van der Waals surface area contributed by atoms with Crippen LogP contribution in [-0.4, -0.2) is 40.5 Å². The van der Waals surface area contributed by atoms with Crippen molar-refractivity contribution in [2.75, 3.05) is 0 Å². The molecule has 0 amide bonds. The zero-order chi connectivity index (χ0) is 24.6. The molecule has 0 N–H and O–H groups in total. The van der Waals surface area contributed by atoms with Crippen molar-refractivity contribution in [1.29, 1.82) is 0 Å². The summed E-state index contributed by atoms with van der Waals surface area (Å²) in [5, 5.41) is 2.62. The molecule has 0 unspecified atom stereocenters. The summed E-state index contributed by atoms with van der Waals surface area (Å²) in [5.41, 5.74) is -0.207. The van der Waals surface area contributed by atoms with E-state index >= 15 is 0 Å². The summed E-state index contributed by atoms with van der Waals surface area (Å²) >= 11 is 0. The van der Waals surface area contributed by atoms with E-state index in [0.29, 0.717) is 0 Å². The van der Waals surface area contributed by atoms with Crippen LogP contribution in [0.25, 0.3) is 0 Å². The van der Waals surface area contributed by atoms with E-state index < -0.39 is 16.6 Å². The van der Waals surface area contributed by atoms with Gasteiger partial charge in [-0.3, -0.25) is 0 Å². The maximum Gasteiger partial charge on any atom is 0.261 e. The molecule has 34 heavy (non-hydrogen) atoms. The van der Waals surface area contributed by atoms with Crippen LogP contribution >= 0.6 is 0 Å². The first kappa shape index (κ1) is 25.8. The molecular weight excluding hydrogens is 452 g/mol. The van der Waals surface area contributed by atoms with E-state index in [0.717, 1.165) is 12.8 Å². The van der Waals surface area contributed by atoms with Crippen molar-refractivity contribution in [1.82, 2.24) is 0 Å². The maximum atomic E-state index is 7.57. The Morgan fingerprint density at radius 2 is 1.32 bits per heavy atom. The van der Waals surface area contributed by atoms with Crippen LogP contribution in [0.1, 0.15) is 61.3 Å². The minimum absolute atomic E-state index is 0.0276. The van der Waals surface area contributed by atoms with Gasteiger partial charge in [-0.15, -0.1) is 0 Å². The fraction of sp³-hybridized carbons (Fsp3) is 0.586. The number of ether oxygens (including phenoxy) is 1. The van der Waals surface area contributed by atoms with E-state index in [-0.39, 0.29) is 29.0 Å². The van der Waals surface area contributed by atoms with Crippen LogP contribution in [0.5, 0.6) is 0 Å². The smallest absolute Gasteiger partial charge is 0.261 e. The summed E-state index contributed by atoms with van der Waals surface area (Å²) in [6.07, 6.45) is 2.43. The number of epoxide rings is 1. The second kappa shape index (κ2) is 9.66. The molecule has 0 aromatic heterocycles. The van der Waals surface area contributed by atoms with Crippen molar-refractivity contribution in [3.05, 3.63) is 60.7 Å². The van der Waals surface area contributed by atoms with Gasteiger partial charge >= 0.3 is 0 Å². The normalized spacial score (nSPS) is 27.3. The monoisotopic (exact) mass is 496 g/mol. The lowest BCUT2D eigenvalue weighted by Crippen LogP contribution is -2.69. The molecule has 0 spiro atoms. The van der Waals surface area contributed by atoms with Crippen molar-refractivity contribution < 1.29 is 13.6 Å². The highest BCUT2D eigenvalue weighted by atomic mass is 28.4.